The third-order valence-electron chi connectivity index (χ3n) is 7.67. The summed E-state index contributed by atoms with van der Waals surface area (Å²) in [4.78, 5) is 38.3. The van der Waals surface area contributed by atoms with Gasteiger partial charge in [-0.15, -0.1) is 0 Å². The van der Waals surface area contributed by atoms with Crippen molar-refractivity contribution in [1.82, 2.24) is 24.8 Å². The number of halogens is 1. The van der Waals surface area contributed by atoms with Gasteiger partial charge in [0.2, 0.25) is 5.91 Å². The smallest absolute Gasteiger partial charge is 0.294 e. The van der Waals surface area contributed by atoms with E-state index in [1.807, 2.05) is 12.1 Å². The van der Waals surface area contributed by atoms with Crippen LogP contribution in [0.2, 0.25) is 5.15 Å². The molecule has 2 aliphatic carbocycles. The van der Waals surface area contributed by atoms with Crippen molar-refractivity contribution in [1.29, 1.82) is 0 Å². The molecule has 0 radical (unpaired) electrons. The van der Waals surface area contributed by atoms with Crippen molar-refractivity contribution >= 4 is 34.2 Å². The number of rotatable bonds is 6. The van der Waals surface area contributed by atoms with Gasteiger partial charge >= 0.3 is 0 Å². The molecule has 6 rings (SSSR count). The van der Waals surface area contributed by atoms with Gasteiger partial charge < -0.3 is 15.6 Å². The lowest BCUT2D eigenvalue weighted by atomic mass is 9.80. The minimum Gasteiger partial charge on any atom is -0.365 e. The highest BCUT2D eigenvalue weighted by molar-refractivity contribution is 6.30. The van der Waals surface area contributed by atoms with Crippen molar-refractivity contribution in [3.05, 3.63) is 74.7 Å². The van der Waals surface area contributed by atoms with Crippen molar-refractivity contribution in [2.75, 3.05) is 11.9 Å². The van der Waals surface area contributed by atoms with E-state index in [0.29, 0.717) is 42.7 Å². The van der Waals surface area contributed by atoms with Gasteiger partial charge in [0.1, 0.15) is 6.04 Å². The molecule has 2 unspecified atom stereocenters. The number of amides is 1. The molecular weight excluding hydrogens is 476 g/mol. The Bertz CT molecular complexity index is 1420. The van der Waals surface area contributed by atoms with Crippen molar-refractivity contribution in [2.45, 2.75) is 57.5 Å². The highest BCUT2D eigenvalue weighted by Gasteiger charge is 2.33. The molecule has 9 heteroatoms. The number of hydrogen-bond acceptors (Lipinski definition) is 5. The fourth-order valence-corrected chi connectivity index (χ4v) is 6.03. The summed E-state index contributed by atoms with van der Waals surface area (Å²) in [6.07, 6.45) is 14.7. The van der Waals surface area contributed by atoms with Gasteiger partial charge in [-0.1, -0.05) is 29.3 Å². The highest BCUT2D eigenvalue weighted by atomic mass is 35.5. The Balaban J connectivity index is 1.15. The van der Waals surface area contributed by atoms with Gasteiger partial charge in [0.05, 0.1) is 12.2 Å². The first-order chi connectivity index (χ1) is 17.6. The van der Waals surface area contributed by atoms with E-state index in [4.69, 9.17) is 11.6 Å². The number of H-pyrrole nitrogens is 1. The maximum absolute atomic E-state index is 13.4. The molecule has 0 saturated carbocycles. The zero-order valence-electron chi connectivity index (χ0n) is 20.0. The van der Waals surface area contributed by atoms with E-state index in [-0.39, 0.29) is 17.3 Å². The number of aromatic amines is 1. The second kappa shape index (κ2) is 9.58. The summed E-state index contributed by atoms with van der Waals surface area (Å²) in [5.41, 5.74) is 5.24. The Labute approximate surface area is 213 Å². The number of carbonyl (C=O) groups excluding carboxylic acids is 1. The first-order valence-corrected chi connectivity index (χ1v) is 13.1. The van der Waals surface area contributed by atoms with Gasteiger partial charge in [-0.3, -0.25) is 19.1 Å². The second-order valence-corrected chi connectivity index (χ2v) is 10.3. The predicted molar refractivity (Wildman–Crippen MR) is 140 cm³/mol. The van der Waals surface area contributed by atoms with Crippen molar-refractivity contribution in [3.63, 3.8) is 0 Å². The zero-order valence-corrected chi connectivity index (χ0v) is 20.8. The Kier molecular flexibility index (Phi) is 6.13. The molecule has 1 amide bonds. The van der Waals surface area contributed by atoms with Gasteiger partial charge in [-0.2, -0.15) is 0 Å². The molecule has 3 aromatic heterocycles. The third kappa shape index (κ3) is 4.34. The van der Waals surface area contributed by atoms with Crippen LogP contribution in [0, 0.1) is 5.92 Å². The number of allylic oxidation sites excluding steroid dienone is 4. The summed E-state index contributed by atoms with van der Waals surface area (Å²) in [7, 11) is 0. The highest BCUT2D eigenvalue weighted by Crippen LogP contribution is 2.35. The molecule has 186 valence electrons. The number of pyridine rings is 1. The molecule has 3 N–H and O–H groups in total. The van der Waals surface area contributed by atoms with Crippen LogP contribution in [0.5, 0.6) is 0 Å². The van der Waals surface area contributed by atoms with E-state index in [1.54, 1.807) is 18.0 Å². The minimum atomic E-state index is -0.602. The van der Waals surface area contributed by atoms with E-state index in [1.165, 1.54) is 16.6 Å². The van der Waals surface area contributed by atoms with E-state index in [0.717, 1.165) is 42.3 Å². The van der Waals surface area contributed by atoms with E-state index < -0.39 is 6.04 Å². The summed E-state index contributed by atoms with van der Waals surface area (Å²) < 4.78 is 1.54. The lowest BCUT2D eigenvalue weighted by Crippen LogP contribution is -2.37. The lowest BCUT2D eigenvalue weighted by molar-refractivity contribution is -0.124. The number of anilines is 1. The summed E-state index contributed by atoms with van der Waals surface area (Å²) in [6, 6.07) is 3.26. The lowest BCUT2D eigenvalue weighted by Gasteiger charge is -2.28. The number of nitrogens with zero attached hydrogens (tertiary/aromatic N) is 3. The van der Waals surface area contributed by atoms with Crippen LogP contribution in [0.4, 0.5) is 5.82 Å². The minimum absolute atomic E-state index is 0.198. The molecule has 0 saturated heterocycles. The quantitative estimate of drug-likeness (QED) is 0.460. The fraction of sp³-hybridized carbons (Fsp3) is 0.407. The van der Waals surface area contributed by atoms with Crippen LogP contribution in [0.25, 0.3) is 10.9 Å². The number of fused-ring (bicyclic) bond motifs is 2. The van der Waals surface area contributed by atoms with Gasteiger partial charge in [0.15, 0.2) is 11.0 Å². The molecular formula is C27H29ClN6O2. The van der Waals surface area contributed by atoms with Gasteiger partial charge in [0, 0.05) is 35.5 Å². The van der Waals surface area contributed by atoms with E-state index in [9.17, 15) is 9.59 Å². The van der Waals surface area contributed by atoms with Crippen molar-refractivity contribution < 1.29 is 4.79 Å². The molecule has 36 heavy (non-hydrogen) atoms. The van der Waals surface area contributed by atoms with Gasteiger partial charge in [0.25, 0.3) is 5.56 Å². The molecule has 2 atom stereocenters. The third-order valence-corrected chi connectivity index (χ3v) is 7.97. The van der Waals surface area contributed by atoms with Crippen LogP contribution in [0.3, 0.4) is 0 Å². The molecule has 0 aromatic carbocycles. The largest absolute Gasteiger partial charge is 0.365 e. The topological polar surface area (TPSA) is 105 Å². The van der Waals surface area contributed by atoms with Gasteiger partial charge in [-0.25, -0.2) is 4.98 Å². The van der Waals surface area contributed by atoms with Crippen LogP contribution in [-0.2, 0) is 17.8 Å². The Morgan fingerprint density at radius 2 is 2.17 bits per heavy atom. The first kappa shape index (κ1) is 23.0. The molecule has 0 spiro atoms. The van der Waals surface area contributed by atoms with Crippen LogP contribution >= 0.6 is 11.6 Å². The standard InChI is InChI=1S/C27H29ClN6O2/c28-24-22-7-8-23(26(35)31-15-20-12-19-14-29-10-9-21(19)32-20)34(22)27(36)25(33-24)30-13-16-5-6-17-3-1-2-4-18(17)11-16/h2,4,9-10,12,14,16,23,32H,1,3,5-8,11,13,15H2,(H,30,33)(H,31,35). The van der Waals surface area contributed by atoms with Crippen molar-refractivity contribution in [2.24, 2.45) is 5.92 Å². The Morgan fingerprint density at radius 1 is 1.25 bits per heavy atom. The molecule has 3 aliphatic rings. The van der Waals surface area contributed by atoms with E-state index in [2.05, 4.69) is 37.7 Å². The average Bonchev–Trinajstić information content (AvgIpc) is 3.53. The van der Waals surface area contributed by atoms with Crippen LogP contribution in [0.1, 0.15) is 56.0 Å². The molecule has 0 fully saturated rings. The second-order valence-electron chi connectivity index (χ2n) is 9.96. The number of nitrogens with one attached hydrogen (secondary N) is 3. The maximum atomic E-state index is 13.4. The fourth-order valence-electron chi connectivity index (χ4n) is 5.76. The molecule has 0 bridgehead atoms. The number of hydrogen-bond donors (Lipinski definition) is 3. The Morgan fingerprint density at radius 3 is 3.06 bits per heavy atom. The van der Waals surface area contributed by atoms with Crippen LogP contribution in [-0.4, -0.2) is 32.0 Å². The Hall–Kier alpha value is -3.39. The average molecular weight is 505 g/mol. The molecule has 4 heterocycles. The van der Waals surface area contributed by atoms with Crippen LogP contribution < -0.4 is 16.2 Å². The summed E-state index contributed by atoms with van der Waals surface area (Å²) >= 11 is 6.48. The SMILES string of the molecule is O=C(NCc1cc2cnccc2[nH]1)C1CCc2c(Cl)nc(NCC3CCC4=C(C=CCC4)C3)c(=O)n21. The zero-order chi connectivity index (χ0) is 24.6. The summed E-state index contributed by atoms with van der Waals surface area (Å²) in [6.45, 7) is 1.00. The maximum Gasteiger partial charge on any atom is 0.294 e. The van der Waals surface area contributed by atoms with Crippen LogP contribution in [0.15, 0.2) is 52.6 Å². The normalized spacial score (nSPS) is 20.9. The molecule has 3 aromatic rings. The van der Waals surface area contributed by atoms with Crippen molar-refractivity contribution in [3.8, 4) is 0 Å². The summed E-state index contributed by atoms with van der Waals surface area (Å²) in [5.74, 6) is 0.470. The predicted octanol–water partition coefficient (Wildman–Crippen LogP) is 4.44. The van der Waals surface area contributed by atoms with E-state index >= 15 is 0 Å². The monoisotopic (exact) mass is 504 g/mol. The molecule has 8 nitrogen and oxygen atoms in total. The number of carbonyl (C=O) groups is 1. The first-order valence-electron chi connectivity index (χ1n) is 12.7. The van der Waals surface area contributed by atoms with Gasteiger partial charge in [-0.05, 0) is 68.6 Å². The number of aromatic nitrogens is 4. The molecule has 1 aliphatic heterocycles. The summed E-state index contributed by atoms with van der Waals surface area (Å²) in [5, 5.41) is 7.52.